The summed E-state index contributed by atoms with van der Waals surface area (Å²) in [4.78, 5) is 0. The summed E-state index contributed by atoms with van der Waals surface area (Å²) in [5.74, 6) is 2.55. The van der Waals surface area contributed by atoms with Crippen LogP contribution in [0, 0.1) is 17.8 Å². The molecular formula is C15H28OSi. The van der Waals surface area contributed by atoms with Crippen LogP contribution in [-0.4, -0.2) is 15.1 Å². The van der Waals surface area contributed by atoms with E-state index in [1.165, 1.54) is 37.8 Å². The van der Waals surface area contributed by atoms with Gasteiger partial charge in [0, 0.05) is 6.10 Å². The zero-order chi connectivity index (χ0) is 12.3. The molecule has 2 heteroatoms. The fourth-order valence-corrected chi connectivity index (χ4v) is 6.35. The van der Waals surface area contributed by atoms with Crippen LogP contribution in [0.5, 0.6) is 0 Å². The minimum Gasteiger partial charge on any atom is -0.417 e. The van der Waals surface area contributed by atoms with E-state index in [2.05, 4.69) is 32.9 Å². The van der Waals surface area contributed by atoms with Gasteiger partial charge in [-0.1, -0.05) is 38.8 Å². The molecule has 4 unspecified atom stereocenters. The van der Waals surface area contributed by atoms with Crippen LogP contribution < -0.4 is 0 Å². The van der Waals surface area contributed by atoms with Crippen molar-refractivity contribution in [3.8, 4) is 0 Å². The molecule has 0 saturated heterocycles. The van der Waals surface area contributed by atoms with Crippen molar-refractivity contribution in [3.63, 3.8) is 0 Å². The van der Waals surface area contributed by atoms with Crippen LogP contribution in [0.15, 0.2) is 12.2 Å². The van der Waals surface area contributed by atoms with Crippen molar-refractivity contribution < 1.29 is 4.43 Å². The molecule has 17 heavy (non-hydrogen) atoms. The van der Waals surface area contributed by atoms with Gasteiger partial charge < -0.3 is 4.43 Å². The van der Waals surface area contributed by atoms with Crippen LogP contribution >= 0.6 is 0 Å². The second kappa shape index (κ2) is 6.19. The van der Waals surface area contributed by atoms with Crippen LogP contribution in [0.4, 0.5) is 0 Å². The van der Waals surface area contributed by atoms with Gasteiger partial charge in [0.2, 0.25) is 0 Å². The molecule has 98 valence electrons. The second-order valence-corrected chi connectivity index (χ2v) is 8.66. The third kappa shape index (κ3) is 3.23. The molecule has 0 heterocycles. The van der Waals surface area contributed by atoms with Gasteiger partial charge in [0.05, 0.1) is 0 Å². The molecule has 0 N–H and O–H groups in total. The van der Waals surface area contributed by atoms with Crippen molar-refractivity contribution in [2.24, 2.45) is 17.8 Å². The molecule has 1 fully saturated rings. The standard InChI is InChI=1S/C15H28OSi/c1-4-8-17(9-5-2)16-12(3)15-11-13-6-7-14(15)10-13/h6-7,12-15,17H,4-5,8-11H2,1-3H3. The molecular weight excluding hydrogens is 224 g/mol. The van der Waals surface area contributed by atoms with Gasteiger partial charge in [0.1, 0.15) is 0 Å². The predicted molar refractivity (Wildman–Crippen MR) is 76.7 cm³/mol. The molecule has 0 aromatic carbocycles. The predicted octanol–water partition coefficient (Wildman–Crippen LogP) is 4.15. The number of allylic oxidation sites excluding steroid dienone is 2. The first-order chi connectivity index (χ1) is 8.24. The van der Waals surface area contributed by atoms with E-state index in [1.54, 1.807) is 0 Å². The molecule has 2 rings (SSSR count). The molecule has 0 amide bonds. The highest BCUT2D eigenvalue weighted by atomic mass is 28.3. The van der Waals surface area contributed by atoms with Gasteiger partial charge in [0.15, 0.2) is 9.04 Å². The van der Waals surface area contributed by atoms with E-state index < -0.39 is 9.04 Å². The Balaban J connectivity index is 1.82. The van der Waals surface area contributed by atoms with E-state index in [9.17, 15) is 0 Å². The molecule has 1 saturated carbocycles. The Kier molecular flexibility index (Phi) is 4.86. The quantitative estimate of drug-likeness (QED) is 0.488. The smallest absolute Gasteiger partial charge is 0.177 e. The van der Waals surface area contributed by atoms with Gasteiger partial charge >= 0.3 is 0 Å². The molecule has 2 aliphatic rings. The summed E-state index contributed by atoms with van der Waals surface area (Å²) in [6.45, 7) is 6.93. The Bertz CT molecular complexity index is 258. The normalized spacial score (nSPS) is 32.6. The van der Waals surface area contributed by atoms with Crippen molar-refractivity contribution in [2.45, 2.75) is 64.6 Å². The van der Waals surface area contributed by atoms with Crippen LogP contribution in [0.25, 0.3) is 0 Å². The van der Waals surface area contributed by atoms with Crippen molar-refractivity contribution in [2.75, 3.05) is 0 Å². The molecule has 2 aliphatic carbocycles. The molecule has 0 aliphatic heterocycles. The topological polar surface area (TPSA) is 9.23 Å². The maximum Gasteiger partial charge on any atom is 0.177 e. The summed E-state index contributed by atoms with van der Waals surface area (Å²) in [5.41, 5.74) is 0. The number of rotatable bonds is 7. The zero-order valence-corrected chi connectivity index (χ0v) is 12.8. The fraction of sp³-hybridized carbons (Fsp3) is 0.867. The number of fused-ring (bicyclic) bond motifs is 2. The van der Waals surface area contributed by atoms with Crippen molar-refractivity contribution in [1.82, 2.24) is 0 Å². The average molecular weight is 252 g/mol. The van der Waals surface area contributed by atoms with Crippen molar-refractivity contribution in [1.29, 1.82) is 0 Å². The highest BCUT2D eigenvalue weighted by Gasteiger charge is 2.39. The first-order valence-corrected chi connectivity index (χ1v) is 9.68. The van der Waals surface area contributed by atoms with Crippen molar-refractivity contribution in [3.05, 3.63) is 12.2 Å². The molecule has 0 radical (unpaired) electrons. The summed E-state index contributed by atoms with van der Waals surface area (Å²) in [7, 11) is -0.895. The van der Waals surface area contributed by atoms with Crippen LogP contribution in [-0.2, 0) is 4.43 Å². The minimum atomic E-state index is -0.895. The lowest BCUT2D eigenvalue weighted by atomic mass is 9.89. The van der Waals surface area contributed by atoms with Gasteiger partial charge in [-0.05, 0) is 49.6 Å². The van der Waals surface area contributed by atoms with E-state index in [-0.39, 0.29) is 0 Å². The maximum absolute atomic E-state index is 6.47. The first kappa shape index (κ1) is 13.4. The fourth-order valence-electron chi connectivity index (χ4n) is 3.69. The Morgan fingerprint density at radius 1 is 1.18 bits per heavy atom. The molecule has 0 spiro atoms. The largest absolute Gasteiger partial charge is 0.417 e. The van der Waals surface area contributed by atoms with Crippen molar-refractivity contribution >= 4 is 9.04 Å². The minimum absolute atomic E-state index is 0.518. The summed E-state index contributed by atoms with van der Waals surface area (Å²) in [5, 5.41) is 0. The van der Waals surface area contributed by atoms with E-state index in [0.29, 0.717) is 6.10 Å². The summed E-state index contributed by atoms with van der Waals surface area (Å²) >= 11 is 0. The number of hydrogen-bond acceptors (Lipinski definition) is 1. The summed E-state index contributed by atoms with van der Waals surface area (Å²) in [6.07, 6.45) is 10.8. The van der Waals surface area contributed by atoms with E-state index in [0.717, 1.165) is 17.8 Å². The first-order valence-electron chi connectivity index (χ1n) is 7.58. The molecule has 2 bridgehead atoms. The molecule has 4 atom stereocenters. The van der Waals surface area contributed by atoms with Crippen LogP contribution in [0.2, 0.25) is 12.1 Å². The highest BCUT2D eigenvalue weighted by molar-refractivity contribution is 6.51. The third-order valence-electron chi connectivity index (χ3n) is 4.56. The van der Waals surface area contributed by atoms with Gasteiger partial charge in [-0.2, -0.15) is 0 Å². The Morgan fingerprint density at radius 2 is 1.88 bits per heavy atom. The SMILES string of the molecule is CCC[SiH](CCC)OC(C)C1CC2C=CC1C2. The van der Waals surface area contributed by atoms with Gasteiger partial charge in [0.25, 0.3) is 0 Å². The molecule has 0 aromatic heterocycles. The molecule has 1 nitrogen and oxygen atoms in total. The Morgan fingerprint density at radius 3 is 2.35 bits per heavy atom. The van der Waals surface area contributed by atoms with Crippen LogP contribution in [0.3, 0.4) is 0 Å². The van der Waals surface area contributed by atoms with E-state index in [1.807, 2.05) is 0 Å². The lowest BCUT2D eigenvalue weighted by molar-refractivity contribution is 0.132. The Hall–Kier alpha value is -0.0831. The maximum atomic E-state index is 6.47. The third-order valence-corrected chi connectivity index (χ3v) is 7.82. The average Bonchev–Trinajstić information content (AvgIpc) is 2.91. The number of hydrogen-bond donors (Lipinski definition) is 0. The highest BCUT2D eigenvalue weighted by Crippen LogP contribution is 2.45. The van der Waals surface area contributed by atoms with E-state index in [4.69, 9.17) is 4.43 Å². The lowest BCUT2D eigenvalue weighted by Gasteiger charge is -2.29. The van der Waals surface area contributed by atoms with Gasteiger partial charge in [-0.25, -0.2) is 0 Å². The summed E-state index contributed by atoms with van der Waals surface area (Å²) < 4.78 is 6.47. The van der Waals surface area contributed by atoms with E-state index >= 15 is 0 Å². The lowest BCUT2D eigenvalue weighted by Crippen LogP contribution is -2.31. The van der Waals surface area contributed by atoms with Crippen LogP contribution in [0.1, 0.15) is 46.5 Å². The molecule has 0 aromatic rings. The second-order valence-electron chi connectivity index (χ2n) is 5.98. The monoisotopic (exact) mass is 252 g/mol. The Labute approximate surface area is 108 Å². The van der Waals surface area contributed by atoms with Gasteiger partial charge in [-0.3, -0.25) is 0 Å². The zero-order valence-electron chi connectivity index (χ0n) is 11.7. The van der Waals surface area contributed by atoms with Gasteiger partial charge in [-0.15, -0.1) is 0 Å². The summed E-state index contributed by atoms with van der Waals surface area (Å²) in [6, 6.07) is 2.74.